The molecule has 0 aliphatic rings. The van der Waals surface area contributed by atoms with Gasteiger partial charge in [-0.2, -0.15) is 0 Å². The Morgan fingerprint density at radius 2 is 1.88 bits per heavy atom. The van der Waals surface area contributed by atoms with E-state index in [1.165, 1.54) is 0 Å². The average molecular weight is 225 g/mol. The quantitative estimate of drug-likeness (QED) is 0.579. The average Bonchev–Trinajstić information content (AvgIpc) is 2.76. The summed E-state index contributed by atoms with van der Waals surface area (Å²) in [4.78, 5) is 12.1. The van der Waals surface area contributed by atoms with Gasteiger partial charge in [0, 0.05) is 19.7 Å². The summed E-state index contributed by atoms with van der Waals surface area (Å²) in [5, 5.41) is 0. The molecule has 0 aliphatic carbocycles. The predicted molar refractivity (Wildman–Crippen MR) is 69.0 cm³/mol. The monoisotopic (exact) mass is 225 g/mol. The normalized spacial score (nSPS) is 10.2. The molecule has 2 heteroatoms. The van der Waals surface area contributed by atoms with Gasteiger partial charge in [-0.3, -0.25) is 4.79 Å². The predicted octanol–water partition coefficient (Wildman–Crippen LogP) is 3.01. The van der Waals surface area contributed by atoms with Crippen LogP contribution in [0.2, 0.25) is 0 Å². The van der Waals surface area contributed by atoms with Crippen molar-refractivity contribution in [2.45, 2.75) is 6.42 Å². The van der Waals surface area contributed by atoms with Crippen LogP contribution >= 0.6 is 0 Å². The molecule has 1 heterocycles. The molecule has 0 bridgehead atoms. The lowest BCUT2D eigenvalue weighted by atomic mass is 10.0. The summed E-state index contributed by atoms with van der Waals surface area (Å²) < 4.78 is 1.82. The lowest BCUT2D eigenvalue weighted by molar-refractivity contribution is 0.102. The fourth-order valence-corrected chi connectivity index (χ4v) is 1.80. The number of carbonyl (C=O) groups is 1. The Morgan fingerprint density at radius 3 is 2.47 bits per heavy atom. The van der Waals surface area contributed by atoms with Gasteiger partial charge < -0.3 is 4.57 Å². The molecule has 0 amide bonds. The third kappa shape index (κ3) is 2.53. The van der Waals surface area contributed by atoms with Crippen LogP contribution in [0.4, 0.5) is 0 Å². The minimum atomic E-state index is 0.0151. The van der Waals surface area contributed by atoms with Crippen LogP contribution in [0, 0.1) is 0 Å². The number of aryl methyl sites for hydroxylation is 1. The van der Waals surface area contributed by atoms with Crippen LogP contribution in [0.25, 0.3) is 0 Å². The SMILES string of the molecule is C=C(Cc1ccccc1)C(=O)c1cccn1C. The van der Waals surface area contributed by atoms with Crippen LogP contribution < -0.4 is 0 Å². The lowest BCUT2D eigenvalue weighted by Gasteiger charge is -2.06. The number of aromatic nitrogens is 1. The highest BCUT2D eigenvalue weighted by Gasteiger charge is 2.12. The van der Waals surface area contributed by atoms with Gasteiger partial charge in [0.1, 0.15) is 0 Å². The third-order valence-corrected chi connectivity index (χ3v) is 2.76. The molecule has 2 rings (SSSR count). The molecule has 17 heavy (non-hydrogen) atoms. The zero-order valence-corrected chi connectivity index (χ0v) is 9.89. The van der Waals surface area contributed by atoms with Gasteiger partial charge in [-0.1, -0.05) is 36.9 Å². The van der Waals surface area contributed by atoms with Crippen LogP contribution in [-0.2, 0) is 13.5 Å². The van der Waals surface area contributed by atoms with Crippen LogP contribution in [0.3, 0.4) is 0 Å². The van der Waals surface area contributed by atoms with E-state index in [2.05, 4.69) is 6.58 Å². The standard InChI is InChI=1S/C15H15NO/c1-12(11-13-7-4-3-5-8-13)15(17)14-9-6-10-16(14)2/h3-10H,1,11H2,2H3. The molecule has 2 nitrogen and oxygen atoms in total. The number of carbonyl (C=O) groups excluding carboxylic acids is 1. The minimum Gasteiger partial charge on any atom is -0.348 e. The highest BCUT2D eigenvalue weighted by molar-refractivity contribution is 6.07. The van der Waals surface area contributed by atoms with Crippen molar-refractivity contribution in [2.24, 2.45) is 7.05 Å². The Balaban J connectivity index is 2.12. The smallest absolute Gasteiger partial charge is 0.205 e. The van der Waals surface area contributed by atoms with Crippen molar-refractivity contribution in [3.8, 4) is 0 Å². The van der Waals surface area contributed by atoms with Gasteiger partial charge in [0.25, 0.3) is 0 Å². The van der Waals surface area contributed by atoms with Crippen LogP contribution in [0.1, 0.15) is 16.1 Å². The number of rotatable bonds is 4. The summed E-state index contributed by atoms with van der Waals surface area (Å²) in [6.07, 6.45) is 2.47. The first-order chi connectivity index (χ1) is 8.18. The van der Waals surface area contributed by atoms with Crippen LogP contribution in [-0.4, -0.2) is 10.4 Å². The molecule has 0 atom stereocenters. The van der Waals surface area contributed by atoms with E-state index < -0.39 is 0 Å². The lowest BCUT2D eigenvalue weighted by Crippen LogP contribution is -2.09. The molecule has 86 valence electrons. The van der Waals surface area contributed by atoms with Crippen molar-refractivity contribution in [3.63, 3.8) is 0 Å². The summed E-state index contributed by atoms with van der Waals surface area (Å²) in [6.45, 7) is 3.88. The molecule has 0 saturated carbocycles. The van der Waals surface area contributed by atoms with Gasteiger partial charge >= 0.3 is 0 Å². The molecule has 0 spiro atoms. The van der Waals surface area contributed by atoms with E-state index >= 15 is 0 Å². The maximum absolute atomic E-state index is 12.1. The van der Waals surface area contributed by atoms with E-state index in [1.807, 2.05) is 60.3 Å². The molecule has 1 aromatic carbocycles. The maximum atomic E-state index is 12.1. The van der Waals surface area contributed by atoms with E-state index in [0.29, 0.717) is 17.7 Å². The summed E-state index contributed by atoms with van der Waals surface area (Å²) in [5.41, 5.74) is 2.42. The van der Waals surface area contributed by atoms with Gasteiger partial charge in [0.15, 0.2) is 0 Å². The van der Waals surface area contributed by atoms with Gasteiger partial charge in [0.2, 0.25) is 5.78 Å². The maximum Gasteiger partial charge on any atom is 0.205 e. The van der Waals surface area contributed by atoms with Crippen molar-refractivity contribution in [2.75, 3.05) is 0 Å². The van der Waals surface area contributed by atoms with Gasteiger partial charge in [0.05, 0.1) is 5.69 Å². The molecule has 0 radical (unpaired) electrons. The highest BCUT2D eigenvalue weighted by atomic mass is 16.1. The number of nitrogens with zero attached hydrogens (tertiary/aromatic N) is 1. The molecule has 0 fully saturated rings. The molecule has 0 unspecified atom stereocenters. The first-order valence-electron chi connectivity index (χ1n) is 5.56. The fraction of sp³-hybridized carbons (Fsp3) is 0.133. The van der Waals surface area contributed by atoms with Gasteiger partial charge in [-0.25, -0.2) is 0 Å². The second kappa shape index (κ2) is 4.83. The van der Waals surface area contributed by atoms with Gasteiger partial charge in [-0.15, -0.1) is 0 Å². The Labute approximate surface area is 101 Å². The first-order valence-corrected chi connectivity index (χ1v) is 5.56. The number of hydrogen-bond acceptors (Lipinski definition) is 1. The van der Waals surface area contributed by atoms with E-state index in [4.69, 9.17) is 0 Å². The van der Waals surface area contributed by atoms with E-state index in [9.17, 15) is 4.79 Å². The molecule has 0 aliphatic heterocycles. The molecular weight excluding hydrogens is 210 g/mol. The number of hydrogen-bond donors (Lipinski definition) is 0. The molecule has 0 saturated heterocycles. The van der Waals surface area contributed by atoms with E-state index in [-0.39, 0.29) is 5.78 Å². The van der Waals surface area contributed by atoms with E-state index in [1.54, 1.807) is 0 Å². The number of benzene rings is 1. The molecule has 0 N–H and O–H groups in total. The largest absolute Gasteiger partial charge is 0.348 e. The Morgan fingerprint density at radius 1 is 1.18 bits per heavy atom. The first kappa shape index (κ1) is 11.4. The number of ketones is 1. The molecule has 2 aromatic rings. The third-order valence-electron chi connectivity index (χ3n) is 2.76. The Bertz CT molecular complexity index is 537. The molecule has 1 aromatic heterocycles. The van der Waals surface area contributed by atoms with Gasteiger partial charge in [-0.05, 0) is 23.3 Å². The van der Waals surface area contributed by atoms with Crippen molar-refractivity contribution in [1.29, 1.82) is 0 Å². The van der Waals surface area contributed by atoms with Crippen molar-refractivity contribution >= 4 is 5.78 Å². The Kier molecular flexibility index (Phi) is 3.24. The highest BCUT2D eigenvalue weighted by Crippen LogP contribution is 2.12. The Hall–Kier alpha value is -2.09. The van der Waals surface area contributed by atoms with Crippen molar-refractivity contribution in [3.05, 3.63) is 72.1 Å². The molecular formula is C15H15NO. The van der Waals surface area contributed by atoms with Crippen molar-refractivity contribution in [1.82, 2.24) is 4.57 Å². The van der Waals surface area contributed by atoms with Crippen LogP contribution in [0.5, 0.6) is 0 Å². The van der Waals surface area contributed by atoms with Crippen molar-refractivity contribution < 1.29 is 4.79 Å². The van der Waals surface area contributed by atoms with E-state index in [0.717, 1.165) is 5.56 Å². The summed E-state index contributed by atoms with van der Waals surface area (Å²) in [7, 11) is 1.86. The minimum absolute atomic E-state index is 0.0151. The zero-order valence-electron chi connectivity index (χ0n) is 9.89. The number of Topliss-reactive ketones (excluding diaryl/α,β-unsaturated/α-hetero) is 1. The number of allylic oxidation sites excluding steroid dienone is 1. The van der Waals surface area contributed by atoms with Crippen LogP contribution in [0.15, 0.2) is 60.8 Å². The summed E-state index contributed by atoms with van der Waals surface area (Å²) >= 11 is 0. The summed E-state index contributed by atoms with van der Waals surface area (Å²) in [5.74, 6) is 0.0151. The fourth-order valence-electron chi connectivity index (χ4n) is 1.80. The topological polar surface area (TPSA) is 22.0 Å². The summed E-state index contributed by atoms with van der Waals surface area (Å²) in [6, 6.07) is 13.6. The second-order valence-corrected chi connectivity index (χ2v) is 4.10. The second-order valence-electron chi connectivity index (χ2n) is 4.10. The zero-order chi connectivity index (χ0) is 12.3.